The van der Waals surface area contributed by atoms with E-state index in [-0.39, 0.29) is 105 Å². The molecule has 0 aliphatic carbocycles. The Bertz CT molecular complexity index is 6120. The quantitative estimate of drug-likeness (QED) is 0.0217. The van der Waals surface area contributed by atoms with E-state index >= 15 is 0 Å². The highest BCUT2D eigenvalue weighted by atomic mass is 127. The number of nitrogens with two attached hydrogens (primary N) is 3. The molecule has 0 radical (unpaired) electrons. The third-order valence-corrected chi connectivity index (χ3v) is 19.8. The van der Waals surface area contributed by atoms with E-state index < -0.39 is 126 Å². The maximum atomic E-state index is 13.0. The predicted octanol–water partition coefficient (Wildman–Crippen LogP) is 10.5. The maximum Gasteiger partial charge on any atom is 0.523 e. The van der Waals surface area contributed by atoms with Gasteiger partial charge in [-0.2, -0.15) is 87.4 Å². The summed E-state index contributed by atoms with van der Waals surface area (Å²) in [7, 11) is -8.22. The fourth-order valence-corrected chi connectivity index (χ4v) is 12.6. The Kier molecular flexibility index (Phi) is 34.9. The average molecular weight is 2130 g/mol. The van der Waals surface area contributed by atoms with Crippen LogP contribution in [0.3, 0.4) is 0 Å². The average Bonchev–Trinajstić information content (AvgIpc) is 1.80. The number of aromatic nitrogens is 11. The number of carbonyl (C=O) groups is 3. The van der Waals surface area contributed by atoms with Gasteiger partial charge in [-0.3, -0.25) is 42.5 Å². The summed E-state index contributed by atoms with van der Waals surface area (Å²) >= 11 is 8.12. The third-order valence-electron chi connectivity index (χ3n) is 16.9. The molecular formula is C75H61BBr2F18IN17O16S. The van der Waals surface area contributed by atoms with Gasteiger partial charge in [-0.25, -0.2) is 29.9 Å². The minimum absolute atomic E-state index is 0.00646. The summed E-state index contributed by atoms with van der Waals surface area (Å²) in [5.41, 5.74) is 11.0. The number of nitrogens with zero attached hydrogens (tertiary/aromatic N) is 13. The van der Waals surface area contributed by atoms with Gasteiger partial charge in [-0.15, -0.1) is 0 Å². The molecule has 8 aromatic heterocycles. The number of aromatic amines is 1. The molecule has 33 nitrogen and oxygen atoms in total. The van der Waals surface area contributed by atoms with Gasteiger partial charge in [0.2, 0.25) is 17.6 Å². The van der Waals surface area contributed by atoms with E-state index in [4.69, 9.17) is 41.5 Å². The van der Waals surface area contributed by atoms with Crippen LogP contribution >= 0.6 is 54.5 Å². The zero-order chi connectivity index (χ0) is 97.1. The normalized spacial score (nSPS) is 13.3. The van der Waals surface area contributed by atoms with Crippen molar-refractivity contribution < 1.29 is 130 Å². The number of fused-ring (bicyclic) bond motifs is 3. The van der Waals surface area contributed by atoms with Crippen molar-refractivity contribution in [2.45, 2.75) is 62.6 Å². The summed E-state index contributed by atoms with van der Waals surface area (Å²) in [6, 6.07) is 34.4. The topological polar surface area (TPSA) is 449 Å². The first-order valence-electron chi connectivity index (χ1n) is 36.2. The molecule has 0 spiro atoms. The Labute approximate surface area is 753 Å². The molecule has 0 saturated carbocycles. The number of hydrogen-bond acceptors (Lipinski definition) is 25. The second-order valence-corrected chi connectivity index (χ2v) is 30.7. The van der Waals surface area contributed by atoms with E-state index in [0.717, 1.165) is 46.2 Å². The summed E-state index contributed by atoms with van der Waals surface area (Å²) in [6.07, 6.45) is -13.5. The van der Waals surface area contributed by atoms with Crippen molar-refractivity contribution in [2.24, 2.45) is 0 Å². The van der Waals surface area contributed by atoms with Crippen LogP contribution in [0.2, 0.25) is 0 Å². The lowest BCUT2D eigenvalue weighted by Crippen LogP contribution is -2.46. The van der Waals surface area contributed by atoms with Gasteiger partial charge in [0.05, 0.1) is 28.6 Å². The molecule has 3 aromatic carbocycles. The summed E-state index contributed by atoms with van der Waals surface area (Å²) in [6.45, 7) is -6.35. The summed E-state index contributed by atoms with van der Waals surface area (Å²) in [5, 5.41) is 17.4. The first-order valence-corrected chi connectivity index (χ1v) is 40.2. The Morgan fingerprint density at radius 3 is 1.06 bits per heavy atom. The van der Waals surface area contributed by atoms with Crippen LogP contribution in [0.4, 0.5) is 114 Å². The van der Waals surface area contributed by atoms with Crippen LogP contribution in [0, 0.1) is 3.57 Å². The molecule has 3 aliphatic heterocycles. The highest BCUT2D eigenvalue weighted by molar-refractivity contribution is 14.1. The number of ether oxygens (including phenoxy) is 3. The molecule has 0 bridgehead atoms. The minimum atomic E-state index is -6.15. The number of hydrogen-bond donors (Lipinski definition) is 6. The smallest absolute Gasteiger partial charge is 0.475 e. The molecule has 0 atom stereocenters. The van der Waals surface area contributed by atoms with Gasteiger partial charge in [0.15, 0.2) is 6.61 Å². The van der Waals surface area contributed by atoms with Crippen molar-refractivity contribution in [2.75, 3.05) is 78.0 Å². The van der Waals surface area contributed by atoms with Gasteiger partial charge in [0, 0.05) is 68.2 Å². The van der Waals surface area contributed by atoms with Crippen LogP contribution in [0.1, 0.15) is 31.1 Å². The largest absolute Gasteiger partial charge is 0.523 e. The van der Waals surface area contributed by atoms with Crippen LogP contribution in [-0.4, -0.2) is 179 Å². The monoisotopic (exact) mass is 2130 g/mol. The van der Waals surface area contributed by atoms with E-state index in [1.165, 1.54) is 65.2 Å². The summed E-state index contributed by atoms with van der Waals surface area (Å²) < 4.78 is 258. The second-order valence-electron chi connectivity index (χ2n) is 26.2. The highest BCUT2D eigenvalue weighted by Crippen LogP contribution is 2.34. The van der Waals surface area contributed by atoms with Crippen LogP contribution in [0.15, 0.2) is 216 Å². The maximum absolute atomic E-state index is 13.0. The number of nitrogen functional groups attached to an aromatic ring is 3. The Morgan fingerprint density at radius 2 is 0.748 bits per heavy atom. The summed E-state index contributed by atoms with van der Waals surface area (Å²) in [4.78, 5) is 127. The number of alkyl halides is 18. The molecule has 0 fully saturated rings. The van der Waals surface area contributed by atoms with E-state index in [1.54, 1.807) is 71.8 Å². The van der Waals surface area contributed by atoms with Crippen molar-refractivity contribution in [1.29, 1.82) is 0 Å². The lowest BCUT2D eigenvalue weighted by atomic mass is 9.81. The number of benzene rings is 3. The molecule has 14 rings (SSSR count). The fourth-order valence-electron chi connectivity index (χ4n) is 11.1. The van der Waals surface area contributed by atoms with Crippen molar-refractivity contribution in [3.05, 3.63) is 264 Å². The van der Waals surface area contributed by atoms with E-state index in [9.17, 15) is 126 Å². The molecule has 11 heterocycles. The van der Waals surface area contributed by atoms with Crippen molar-refractivity contribution >= 4 is 129 Å². The number of rotatable bonds is 12. The third kappa shape index (κ3) is 29.9. The Balaban J connectivity index is 0.000000197. The van der Waals surface area contributed by atoms with Gasteiger partial charge in [-0.05, 0) is 169 Å². The molecule has 56 heteroatoms. The van der Waals surface area contributed by atoms with Crippen LogP contribution in [-0.2, 0) is 40.5 Å². The minimum Gasteiger partial charge on any atom is -0.475 e. The molecule has 0 saturated heterocycles. The molecular weight excluding hydrogens is 2070 g/mol. The number of halogens is 21. The van der Waals surface area contributed by atoms with Gasteiger partial charge >= 0.3 is 53.6 Å². The Morgan fingerprint density at radius 1 is 0.427 bits per heavy atom. The predicted molar refractivity (Wildman–Crippen MR) is 447 cm³/mol. The van der Waals surface area contributed by atoms with Crippen LogP contribution < -0.4 is 79.4 Å². The van der Waals surface area contributed by atoms with Crippen molar-refractivity contribution in [3.63, 3.8) is 0 Å². The fraction of sp³-hybridized carbons (Fsp3) is 0.227. The summed E-state index contributed by atoms with van der Waals surface area (Å²) in [5.74, 6) is -0.542. The number of carbonyl (C=O) groups excluding carboxylic acids is 3. The molecule has 9 N–H and O–H groups in total. The van der Waals surface area contributed by atoms with Crippen LogP contribution in [0.5, 0.6) is 17.6 Å². The number of nitrogens with one attached hydrogen (secondary N) is 1. The lowest BCUT2D eigenvalue weighted by Gasteiger charge is -2.20. The first kappa shape index (κ1) is 104. The van der Waals surface area contributed by atoms with Crippen molar-refractivity contribution in [3.8, 4) is 39.9 Å². The first-order chi connectivity index (χ1) is 61.1. The zero-order valence-corrected chi connectivity index (χ0v) is 71.8. The lowest BCUT2D eigenvalue weighted by molar-refractivity contribution is -0.156. The van der Waals surface area contributed by atoms with Gasteiger partial charge in [0.1, 0.15) is 99.1 Å². The molecule has 11 aromatic rings. The number of amides is 3. The van der Waals surface area contributed by atoms with E-state index in [2.05, 4.69) is 93.5 Å². The van der Waals surface area contributed by atoms with Gasteiger partial charge in [0.25, 0.3) is 45.5 Å². The standard InChI is InChI=1S/2C20H16F3N5O3.C13H11IN4O2.C7H7BF3NO3.C7H5BrF3NO.C5H4BrNO.C3H2F6O3S/c2*21-20(22,23)10-27-7-1-2-14(18(27)29)12-3-5-13(6-4-12)28-8-9-31-17-15(19(28)30)16(24)25-11-26-17;14-8-1-3-9(4-2-8)18-5-6-20-12-10(13(18)19)11(15)16-7-17-12;9-7(10,11)4-12-3-1-2-5(6(12)13)8(14)15;8-5-2-1-3-12(6(5)13)4-7(9,10)11;6-4-2-1-3-7-5(4)8;4-2(5,6)1-12-13(10,11)3(7,8)9/h2*1-7,11H,8-10H2,(H2,24,25,26);1-4,7H,5-6H2,(H2,15,16,17);1-3,14-15H,4H2;1-3H,4H2;1-3H,(H,7,8);1H2. The number of H-pyrrole nitrogens is 1. The molecule has 131 heavy (non-hydrogen) atoms. The molecule has 698 valence electrons. The molecule has 0 unspecified atom stereocenters. The number of pyridine rings is 5. The molecule has 3 aliphatic rings. The van der Waals surface area contributed by atoms with E-state index in [0.29, 0.717) is 58.4 Å². The SMILES string of the molecule is Nc1ncnc2c1C(=O)N(c1ccc(-c3cccn(CC(F)(F)F)c3=O)cc1)CCO2.Nc1ncnc2c1C(=O)N(c1ccc(-c3cccn(CC(F)(F)F)c3=O)cc1)CCO2.Nc1ncnc2c1C(=O)N(c1ccc(I)cc1)CCO2.O=S(=O)(OCC(F)(F)F)C(F)(F)F.O=c1[nH]cccc1Br.O=c1c(B(O)O)cccn1CC(F)(F)F.O=c1c(Br)cccn1CC(F)(F)F. The van der Waals surface area contributed by atoms with Crippen molar-refractivity contribution in [1.82, 2.24) is 53.2 Å². The second kappa shape index (κ2) is 44.2. The van der Waals surface area contributed by atoms with Gasteiger partial charge in [-0.1, -0.05) is 30.3 Å². The number of anilines is 6. The molecule has 3 amide bonds. The van der Waals surface area contributed by atoms with Crippen LogP contribution in [0.25, 0.3) is 22.3 Å². The van der Waals surface area contributed by atoms with E-state index in [1.807, 2.05) is 24.3 Å². The Hall–Kier alpha value is -12.8. The zero-order valence-electron chi connectivity index (χ0n) is 65.7. The highest BCUT2D eigenvalue weighted by Gasteiger charge is 2.49. The van der Waals surface area contributed by atoms with Gasteiger partial charge < -0.3 is 79.4 Å².